The van der Waals surface area contributed by atoms with Gasteiger partial charge >= 0.3 is 0 Å². The van der Waals surface area contributed by atoms with Crippen LogP contribution in [0.3, 0.4) is 0 Å². The molecule has 5 heteroatoms. The molecule has 2 aliphatic rings. The Bertz CT molecular complexity index is 849. The molecular formula is C26H30F2N2O. The van der Waals surface area contributed by atoms with Crippen LogP contribution < -0.4 is 5.32 Å². The van der Waals surface area contributed by atoms with Crippen molar-refractivity contribution in [2.75, 3.05) is 26.2 Å². The van der Waals surface area contributed by atoms with Crippen molar-refractivity contribution >= 4 is 11.5 Å². The first kappa shape index (κ1) is 21.7. The van der Waals surface area contributed by atoms with Crippen LogP contribution in [0.1, 0.15) is 43.2 Å². The van der Waals surface area contributed by atoms with E-state index in [4.69, 9.17) is 0 Å². The lowest BCUT2D eigenvalue weighted by atomic mass is 9.85. The Balaban J connectivity index is 1.64. The van der Waals surface area contributed by atoms with Gasteiger partial charge in [-0.15, -0.1) is 0 Å². The number of amides is 1. The van der Waals surface area contributed by atoms with Crippen molar-refractivity contribution in [3.05, 3.63) is 77.4 Å². The molecule has 3 nitrogen and oxygen atoms in total. The van der Waals surface area contributed by atoms with Gasteiger partial charge in [-0.3, -0.25) is 4.79 Å². The van der Waals surface area contributed by atoms with Crippen molar-refractivity contribution in [3.63, 3.8) is 0 Å². The fourth-order valence-electron chi connectivity index (χ4n) is 4.77. The molecule has 2 aromatic rings. The molecule has 1 N–H and O–H groups in total. The zero-order valence-corrected chi connectivity index (χ0v) is 17.8. The Morgan fingerprint density at radius 2 is 1.55 bits per heavy atom. The van der Waals surface area contributed by atoms with Gasteiger partial charge in [-0.05, 0) is 92.1 Å². The summed E-state index contributed by atoms with van der Waals surface area (Å²) in [5, 5.41) is 3.40. The Morgan fingerprint density at radius 3 is 2.06 bits per heavy atom. The van der Waals surface area contributed by atoms with Gasteiger partial charge in [0.15, 0.2) is 0 Å². The van der Waals surface area contributed by atoms with Gasteiger partial charge in [0.2, 0.25) is 5.91 Å². The fourth-order valence-corrected chi connectivity index (χ4v) is 4.77. The van der Waals surface area contributed by atoms with Gasteiger partial charge in [0.1, 0.15) is 11.6 Å². The average molecular weight is 425 g/mol. The first-order valence-electron chi connectivity index (χ1n) is 11.3. The van der Waals surface area contributed by atoms with E-state index in [0.717, 1.165) is 62.1 Å². The minimum absolute atomic E-state index is 0.0796. The molecule has 0 radical (unpaired) electrons. The summed E-state index contributed by atoms with van der Waals surface area (Å²) in [4.78, 5) is 15.5. The second-order valence-electron chi connectivity index (χ2n) is 8.61. The summed E-state index contributed by atoms with van der Waals surface area (Å²) in [5.41, 5.74) is 2.63. The second kappa shape index (κ2) is 10.2. The molecule has 0 aliphatic carbocycles. The van der Waals surface area contributed by atoms with Gasteiger partial charge in [0.05, 0.1) is 0 Å². The van der Waals surface area contributed by atoms with E-state index in [2.05, 4.69) is 11.4 Å². The number of halogens is 2. The largest absolute Gasteiger partial charge is 0.342 e. The molecule has 2 heterocycles. The van der Waals surface area contributed by atoms with E-state index in [1.807, 2.05) is 4.90 Å². The molecule has 0 aromatic heterocycles. The maximum absolute atomic E-state index is 13.5. The van der Waals surface area contributed by atoms with Crippen LogP contribution in [0.15, 0.2) is 54.6 Å². The van der Waals surface area contributed by atoms with Crippen LogP contribution in [-0.4, -0.2) is 37.0 Å². The number of likely N-dealkylation sites (tertiary alicyclic amines) is 1. The molecule has 31 heavy (non-hydrogen) atoms. The number of nitrogens with one attached hydrogen (secondary N) is 1. The van der Waals surface area contributed by atoms with E-state index in [1.54, 1.807) is 24.3 Å². The number of hydrogen-bond acceptors (Lipinski definition) is 2. The highest BCUT2D eigenvalue weighted by Gasteiger charge is 2.33. The number of piperidine rings is 1. The van der Waals surface area contributed by atoms with Crippen molar-refractivity contribution < 1.29 is 13.6 Å². The van der Waals surface area contributed by atoms with Gasteiger partial charge in [0, 0.05) is 19.0 Å². The third-order valence-electron chi connectivity index (χ3n) is 6.54. The number of nitrogens with zero attached hydrogens (tertiary/aromatic N) is 1. The Labute approximate surface area is 183 Å². The van der Waals surface area contributed by atoms with E-state index in [-0.39, 0.29) is 23.5 Å². The molecule has 0 saturated carbocycles. The number of benzene rings is 2. The zero-order valence-electron chi connectivity index (χ0n) is 17.8. The second-order valence-corrected chi connectivity index (χ2v) is 8.61. The number of rotatable bonds is 6. The lowest BCUT2D eigenvalue weighted by molar-refractivity contribution is -0.138. The smallest absolute Gasteiger partial charge is 0.226 e. The summed E-state index contributed by atoms with van der Waals surface area (Å²) in [6.45, 7) is 3.51. The van der Waals surface area contributed by atoms with Gasteiger partial charge in [0.25, 0.3) is 0 Å². The first-order chi connectivity index (χ1) is 15.1. The molecular weight excluding hydrogens is 394 g/mol. The molecule has 164 valence electrons. The Kier molecular flexibility index (Phi) is 7.13. The van der Waals surface area contributed by atoms with Crippen LogP contribution in [0.5, 0.6) is 0 Å². The summed E-state index contributed by atoms with van der Waals surface area (Å²) < 4.78 is 27.0. The van der Waals surface area contributed by atoms with Gasteiger partial charge < -0.3 is 10.2 Å². The fraction of sp³-hybridized carbons (Fsp3) is 0.423. The van der Waals surface area contributed by atoms with Crippen molar-refractivity contribution in [1.29, 1.82) is 0 Å². The van der Waals surface area contributed by atoms with Crippen molar-refractivity contribution in [2.45, 2.75) is 32.1 Å². The summed E-state index contributed by atoms with van der Waals surface area (Å²) >= 11 is 0. The molecule has 2 aliphatic heterocycles. The zero-order chi connectivity index (χ0) is 21.6. The SMILES string of the molecule is O=C(C(CC=C(c1ccc(F)cc1)c1ccc(F)cc1)C1CCNC1)N1CCCCC1. The van der Waals surface area contributed by atoms with Crippen molar-refractivity contribution in [2.24, 2.45) is 11.8 Å². The lowest BCUT2D eigenvalue weighted by Crippen LogP contribution is -2.42. The van der Waals surface area contributed by atoms with E-state index < -0.39 is 0 Å². The molecule has 0 bridgehead atoms. The van der Waals surface area contributed by atoms with Crippen molar-refractivity contribution in [1.82, 2.24) is 10.2 Å². The number of carbonyl (C=O) groups is 1. The van der Waals surface area contributed by atoms with E-state index in [0.29, 0.717) is 12.3 Å². The van der Waals surface area contributed by atoms with Gasteiger partial charge in [-0.25, -0.2) is 8.78 Å². The average Bonchev–Trinajstić information content (AvgIpc) is 3.33. The molecule has 1 amide bonds. The molecule has 2 atom stereocenters. The molecule has 2 saturated heterocycles. The molecule has 2 unspecified atom stereocenters. The standard InChI is InChI=1S/C26H30F2N2O/c27-22-8-4-19(5-9-22)24(20-6-10-23(28)11-7-20)12-13-25(21-14-15-29-18-21)26(31)30-16-2-1-3-17-30/h4-12,21,25,29H,1-3,13-18H2. The van der Waals surface area contributed by atoms with Crippen LogP contribution in [0.25, 0.3) is 5.57 Å². The van der Waals surface area contributed by atoms with Crippen LogP contribution in [0.4, 0.5) is 8.78 Å². The number of hydrogen-bond donors (Lipinski definition) is 1. The predicted octanol–water partition coefficient (Wildman–Crippen LogP) is 5.02. The highest BCUT2D eigenvalue weighted by Crippen LogP contribution is 2.30. The molecule has 2 fully saturated rings. The van der Waals surface area contributed by atoms with E-state index >= 15 is 0 Å². The molecule has 2 aromatic carbocycles. The first-order valence-corrected chi connectivity index (χ1v) is 11.3. The van der Waals surface area contributed by atoms with Crippen LogP contribution in [0, 0.1) is 23.5 Å². The minimum atomic E-state index is -0.294. The minimum Gasteiger partial charge on any atom is -0.342 e. The number of carbonyl (C=O) groups excluding carboxylic acids is 1. The Morgan fingerprint density at radius 1 is 0.968 bits per heavy atom. The number of allylic oxidation sites excluding steroid dienone is 1. The van der Waals surface area contributed by atoms with Crippen LogP contribution >= 0.6 is 0 Å². The third-order valence-corrected chi connectivity index (χ3v) is 6.54. The maximum atomic E-state index is 13.5. The van der Waals surface area contributed by atoms with Crippen LogP contribution in [0.2, 0.25) is 0 Å². The van der Waals surface area contributed by atoms with Gasteiger partial charge in [-0.1, -0.05) is 30.3 Å². The highest BCUT2D eigenvalue weighted by molar-refractivity contribution is 5.82. The van der Waals surface area contributed by atoms with Gasteiger partial charge in [-0.2, -0.15) is 0 Å². The van der Waals surface area contributed by atoms with Crippen molar-refractivity contribution in [3.8, 4) is 0 Å². The van der Waals surface area contributed by atoms with E-state index in [1.165, 1.54) is 30.7 Å². The predicted molar refractivity (Wildman–Crippen MR) is 119 cm³/mol. The summed E-state index contributed by atoms with van der Waals surface area (Å²) in [7, 11) is 0. The molecule has 0 spiro atoms. The topological polar surface area (TPSA) is 32.3 Å². The van der Waals surface area contributed by atoms with E-state index in [9.17, 15) is 13.6 Å². The molecule has 4 rings (SSSR count). The maximum Gasteiger partial charge on any atom is 0.226 e. The summed E-state index contributed by atoms with van der Waals surface area (Å²) in [5.74, 6) is -0.102. The van der Waals surface area contributed by atoms with Crippen LogP contribution in [-0.2, 0) is 4.79 Å². The normalized spacial score (nSPS) is 19.8. The summed E-state index contributed by atoms with van der Waals surface area (Å²) in [6, 6.07) is 12.7. The quantitative estimate of drug-likeness (QED) is 0.706. The Hall–Kier alpha value is -2.53. The third kappa shape index (κ3) is 5.40. The highest BCUT2D eigenvalue weighted by atomic mass is 19.1. The monoisotopic (exact) mass is 424 g/mol. The lowest BCUT2D eigenvalue weighted by Gasteiger charge is -2.32. The summed E-state index contributed by atoms with van der Waals surface area (Å²) in [6.07, 6.45) is 7.05.